The van der Waals surface area contributed by atoms with Gasteiger partial charge >= 0.3 is 0 Å². The van der Waals surface area contributed by atoms with Gasteiger partial charge in [-0.3, -0.25) is 0 Å². The summed E-state index contributed by atoms with van der Waals surface area (Å²) in [6.07, 6.45) is 22.9. The maximum Gasteiger partial charge on any atom is 0.0810 e. The molecule has 2 saturated heterocycles. The van der Waals surface area contributed by atoms with Gasteiger partial charge in [-0.1, -0.05) is 104 Å². The standard InChI is InChI=1S/C20H40O.C3H6O/c1-19(2)16-14-12-10-8-6-4-3-5-7-9-11-13-15-17-20-18-21-20;1-3-2-4-3/h19-20H,3-18H2,1-2H3;3H,2H2,1H3. The van der Waals surface area contributed by atoms with Crippen LogP contribution in [0.15, 0.2) is 0 Å². The second-order valence-corrected chi connectivity index (χ2v) is 8.67. The van der Waals surface area contributed by atoms with E-state index in [1.165, 1.54) is 96.3 Å². The van der Waals surface area contributed by atoms with Gasteiger partial charge in [-0.25, -0.2) is 0 Å². The molecule has 0 aromatic heterocycles. The van der Waals surface area contributed by atoms with Gasteiger partial charge in [0.25, 0.3) is 0 Å². The third-order valence-corrected chi connectivity index (χ3v) is 5.21. The lowest BCUT2D eigenvalue weighted by Crippen LogP contribution is -1.87. The van der Waals surface area contributed by atoms with E-state index < -0.39 is 0 Å². The molecule has 2 fully saturated rings. The van der Waals surface area contributed by atoms with Crippen molar-refractivity contribution in [1.82, 2.24) is 0 Å². The highest BCUT2D eigenvalue weighted by molar-refractivity contribution is 4.68. The first kappa shape index (κ1) is 23.0. The Morgan fingerprint density at radius 2 is 1.00 bits per heavy atom. The predicted molar refractivity (Wildman–Crippen MR) is 109 cm³/mol. The number of ether oxygens (including phenoxy) is 2. The summed E-state index contributed by atoms with van der Waals surface area (Å²) >= 11 is 0. The zero-order valence-corrected chi connectivity index (χ0v) is 17.6. The molecule has 0 amide bonds. The van der Waals surface area contributed by atoms with Crippen molar-refractivity contribution in [2.24, 2.45) is 5.92 Å². The van der Waals surface area contributed by atoms with Crippen LogP contribution in [0.5, 0.6) is 0 Å². The fourth-order valence-electron chi connectivity index (χ4n) is 3.20. The zero-order chi connectivity index (χ0) is 18.2. The third kappa shape index (κ3) is 20.1. The molecule has 0 radical (unpaired) electrons. The summed E-state index contributed by atoms with van der Waals surface area (Å²) in [7, 11) is 0. The minimum atomic E-state index is 0.583. The number of unbranched alkanes of at least 4 members (excludes halogenated alkanes) is 12. The van der Waals surface area contributed by atoms with Gasteiger partial charge in [0.05, 0.1) is 25.4 Å². The summed E-state index contributed by atoms with van der Waals surface area (Å²) in [6, 6.07) is 0. The van der Waals surface area contributed by atoms with Gasteiger partial charge in [0, 0.05) is 0 Å². The van der Waals surface area contributed by atoms with Crippen molar-refractivity contribution in [2.75, 3.05) is 13.2 Å². The quantitative estimate of drug-likeness (QED) is 0.214. The maximum absolute atomic E-state index is 5.23. The van der Waals surface area contributed by atoms with Crippen molar-refractivity contribution in [2.45, 2.75) is 129 Å². The van der Waals surface area contributed by atoms with E-state index in [1.54, 1.807) is 0 Å². The van der Waals surface area contributed by atoms with Crippen LogP contribution in [0.25, 0.3) is 0 Å². The van der Waals surface area contributed by atoms with Gasteiger partial charge in [-0.05, 0) is 19.3 Å². The van der Waals surface area contributed by atoms with Gasteiger partial charge in [-0.15, -0.1) is 0 Å². The first-order chi connectivity index (χ1) is 12.2. The minimum Gasteiger partial charge on any atom is -0.373 e. The first-order valence-corrected chi connectivity index (χ1v) is 11.4. The predicted octanol–water partition coefficient (Wildman–Crippen LogP) is 7.30. The summed E-state index contributed by atoms with van der Waals surface area (Å²) in [5.41, 5.74) is 0. The van der Waals surface area contributed by atoms with Crippen molar-refractivity contribution < 1.29 is 9.47 Å². The highest BCUT2D eigenvalue weighted by Gasteiger charge is 2.20. The Hall–Kier alpha value is -0.0800. The van der Waals surface area contributed by atoms with Crippen LogP contribution in [-0.2, 0) is 9.47 Å². The molecule has 2 aliphatic rings. The highest BCUT2D eigenvalue weighted by Crippen LogP contribution is 2.18. The monoisotopic (exact) mass is 354 g/mol. The number of hydrogen-bond acceptors (Lipinski definition) is 2. The molecule has 2 nitrogen and oxygen atoms in total. The summed E-state index contributed by atoms with van der Waals surface area (Å²) in [5, 5.41) is 0. The second kappa shape index (κ2) is 16.1. The Morgan fingerprint density at radius 1 is 0.640 bits per heavy atom. The minimum absolute atomic E-state index is 0.583. The maximum atomic E-state index is 5.23. The van der Waals surface area contributed by atoms with Gasteiger partial charge in [-0.2, -0.15) is 0 Å². The largest absolute Gasteiger partial charge is 0.373 e. The second-order valence-electron chi connectivity index (χ2n) is 8.67. The molecule has 2 heteroatoms. The lowest BCUT2D eigenvalue weighted by atomic mass is 10.0. The Balaban J connectivity index is 0.000000680. The van der Waals surface area contributed by atoms with Crippen LogP contribution in [-0.4, -0.2) is 25.4 Å². The van der Waals surface area contributed by atoms with Crippen LogP contribution in [0.1, 0.15) is 117 Å². The van der Waals surface area contributed by atoms with E-state index in [1.807, 2.05) is 0 Å². The normalized spacial score (nSPS) is 21.1. The van der Waals surface area contributed by atoms with E-state index in [9.17, 15) is 0 Å². The average molecular weight is 355 g/mol. The molecule has 2 heterocycles. The van der Waals surface area contributed by atoms with Crippen LogP contribution in [0.4, 0.5) is 0 Å². The van der Waals surface area contributed by atoms with Crippen LogP contribution < -0.4 is 0 Å². The van der Waals surface area contributed by atoms with E-state index in [0.717, 1.165) is 19.1 Å². The molecule has 0 saturated carbocycles. The molecule has 150 valence electrons. The van der Waals surface area contributed by atoms with Gasteiger partial charge in [0.15, 0.2) is 0 Å². The van der Waals surface area contributed by atoms with Crippen molar-refractivity contribution in [3.8, 4) is 0 Å². The number of hydrogen-bond donors (Lipinski definition) is 0. The molecule has 0 aromatic carbocycles. The van der Waals surface area contributed by atoms with Crippen molar-refractivity contribution in [3.63, 3.8) is 0 Å². The molecule has 0 bridgehead atoms. The molecular formula is C23H46O2. The Bertz CT molecular complexity index is 255. The Kier molecular flexibility index (Phi) is 14.8. The lowest BCUT2D eigenvalue weighted by Gasteiger charge is -2.05. The first-order valence-electron chi connectivity index (χ1n) is 11.4. The lowest BCUT2D eigenvalue weighted by molar-refractivity contribution is 0.387. The van der Waals surface area contributed by atoms with Gasteiger partial charge in [0.2, 0.25) is 0 Å². The molecule has 25 heavy (non-hydrogen) atoms. The zero-order valence-electron chi connectivity index (χ0n) is 17.6. The van der Waals surface area contributed by atoms with Crippen molar-refractivity contribution in [3.05, 3.63) is 0 Å². The Labute approximate surface area is 158 Å². The van der Waals surface area contributed by atoms with E-state index in [2.05, 4.69) is 20.8 Å². The molecule has 2 unspecified atom stereocenters. The van der Waals surface area contributed by atoms with E-state index in [0.29, 0.717) is 12.2 Å². The summed E-state index contributed by atoms with van der Waals surface area (Å²) in [5.74, 6) is 0.895. The van der Waals surface area contributed by atoms with Crippen LogP contribution in [0.3, 0.4) is 0 Å². The van der Waals surface area contributed by atoms with Gasteiger partial charge in [0.1, 0.15) is 0 Å². The molecule has 0 N–H and O–H groups in total. The third-order valence-electron chi connectivity index (χ3n) is 5.21. The summed E-state index contributed by atoms with van der Waals surface area (Å²) in [6.45, 7) is 8.75. The summed E-state index contributed by atoms with van der Waals surface area (Å²) < 4.78 is 9.94. The Morgan fingerprint density at radius 3 is 1.32 bits per heavy atom. The van der Waals surface area contributed by atoms with E-state index >= 15 is 0 Å². The topological polar surface area (TPSA) is 25.1 Å². The average Bonchev–Trinajstić information content (AvgIpc) is 3.49. The van der Waals surface area contributed by atoms with Crippen molar-refractivity contribution in [1.29, 1.82) is 0 Å². The SMILES string of the molecule is CC(C)CCCCCCCCCCCCCCCC1CO1.CC1CO1. The molecule has 0 aliphatic carbocycles. The number of epoxide rings is 2. The number of rotatable bonds is 16. The molecule has 2 aliphatic heterocycles. The molecule has 0 spiro atoms. The van der Waals surface area contributed by atoms with Crippen LogP contribution in [0.2, 0.25) is 0 Å². The molecular weight excluding hydrogens is 308 g/mol. The molecule has 2 rings (SSSR count). The van der Waals surface area contributed by atoms with Crippen LogP contribution >= 0.6 is 0 Å². The van der Waals surface area contributed by atoms with Gasteiger partial charge < -0.3 is 9.47 Å². The van der Waals surface area contributed by atoms with E-state index in [-0.39, 0.29) is 0 Å². The van der Waals surface area contributed by atoms with Crippen LogP contribution in [0, 0.1) is 5.92 Å². The molecule has 2 atom stereocenters. The van der Waals surface area contributed by atoms with Crippen molar-refractivity contribution >= 4 is 0 Å². The highest BCUT2D eigenvalue weighted by atomic mass is 16.6. The molecule has 0 aromatic rings. The fraction of sp³-hybridized carbons (Fsp3) is 1.00. The summed E-state index contributed by atoms with van der Waals surface area (Å²) in [4.78, 5) is 0. The van der Waals surface area contributed by atoms with E-state index in [4.69, 9.17) is 9.47 Å². The fourth-order valence-corrected chi connectivity index (χ4v) is 3.20. The smallest absolute Gasteiger partial charge is 0.0810 e.